The fourth-order valence-corrected chi connectivity index (χ4v) is 6.69. The molecule has 3 aromatic rings. The Hall–Kier alpha value is -4.23. The Kier molecular flexibility index (Phi) is 8.20. The highest BCUT2D eigenvalue weighted by Crippen LogP contribution is 2.50. The van der Waals surface area contributed by atoms with Gasteiger partial charge >= 0.3 is 0 Å². The van der Waals surface area contributed by atoms with Crippen molar-refractivity contribution in [3.05, 3.63) is 101 Å². The molecule has 7 heteroatoms. The minimum atomic E-state index is -0.368. The summed E-state index contributed by atoms with van der Waals surface area (Å²) in [5.41, 5.74) is 5.13. The number of pyridine rings is 1. The number of ether oxygens (including phenoxy) is 2. The number of benzene rings is 2. The van der Waals surface area contributed by atoms with E-state index in [9.17, 15) is 14.7 Å². The molecule has 2 amide bonds. The third-order valence-electron chi connectivity index (χ3n) is 8.61. The Morgan fingerprint density at radius 1 is 1.02 bits per heavy atom. The van der Waals surface area contributed by atoms with Gasteiger partial charge in [0, 0.05) is 18.7 Å². The normalized spacial score (nSPS) is 23.7. The van der Waals surface area contributed by atoms with Crippen LogP contribution in [-0.2, 0) is 14.3 Å². The maximum Gasteiger partial charge on any atom is 0.233 e. The fourth-order valence-electron chi connectivity index (χ4n) is 6.69. The zero-order valence-corrected chi connectivity index (χ0v) is 23.8. The Morgan fingerprint density at radius 3 is 2.55 bits per heavy atom. The molecule has 2 aromatic carbocycles. The van der Waals surface area contributed by atoms with Crippen LogP contribution in [0.4, 0.5) is 0 Å². The molecule has 3 aliphatic rings. The average molecular weight is 565 g/mol. The third kappa shape index (κ3) is 5.61. The van der Waals surface area contributed by atoms with E-state index < -0.39 is 0 Å². The third-order valence-corrected chi connectivity index (χ3v) is 8.61. The van der Waals surface area contributed by atoms with E-state index in [4.69, 9.17) is 9.47 Å². The van der Waals surface area contributed by atoms with Gasteiger partial charge in [0.2, 0.25) is 11.8 Å². The first-order valence-electron chi connectivity index (χ1n) is 14.8. The van der Waals surface area contributed by atoms with Gasteiger partial charge < -0.3 is 14.6 Å². The topological polar surface area (TPSA) is 89.0 Å². The van der Waals surface area contributed by atoms with E-state index in [1.165, 1.54) is 4.90 Å². The summed E-state index contributed by atoms with van der Waals surface area (Å²) in [4.78, 5) is 33.0. The van der Waals surface area contributed by atoms with Crippen molar-refractivity contribution >= 4 is 23.5 Å². The standard InChI is InChI=1S/C35H36N2O5/c1-2-18-37-34(39)28-20-25(21-41-27-8-4-3-5-9-27)32-29(33(28)35(37)40)22-42-31(32)16-13-24(30-10-6-7-17-36-30)19-23-11-14-26(38)15-12-23/h3-12,14-15,17,19,28-29,31,33,38H,2,13,16,18,20-22H2,1H3/b24-19-/t28-,29+,31-,33-/m1/s1. The second-order valence-electron chi connectivity index (χ2n) is 11.3. The van der Waals surface area contributed by atoms with Crippen LogP contribution in [0.15, 0.2) is 90.1 Å². The molecule has 4 atom stereocenters. The molecule has 42 heavy (non-hydrogen) atoms. The molecular weight excluding hydrogens is 528 g/mol. The van der Waals surface area contributed by atoms with Gasteiger partial charge in [-0.3, -0.25) is 19.5 Å². The first-order valence-corrected chi connectivity index (χ1v) is 14.8. The van der Waals surface area contributed by atoms with Crippen LogP contribution >= 0.6 is 0 Å². The summed E-state index contributed by atoms with van der Waals surface area (Å²) in [6.07, 6.45) is 6.38. The molecule has 2 saturated heterocycles. The monoisotopic (exact) mass is 564 g/mol. The number of allylic oxidation sites excluding steroid dienone is 1. The number of hydrogen-bond donors (Lipinski definition) is 1. The van der Waals surface area contributed by atoms with Gasteiger partial charge in [-0.2, -0.15) is 0 Å². The van der Waals surface area contributed by atoms with Gasteiger partial charge in [0.15, 0.2) is 0 Å². The molecular formula is C35H36N2O5. The smallest absolute Gasteiger partial charge is 0.233 e. The van der Waals surface area contributed by atoms with E-state index in [2.05, 4.69) is 11.1 Å². The summed E-state index contributed by atoms with van der Waals surface area (Å²) in [5, 5.41) is 9.74. The summed E-state index contributed by atoms with van der Waals surface area (Å²) >= 11 is 0. The second-order valence-corrected chi connectivity index (χ2v) is 11.3. The highest BCUT2D eigenvalue weighted by atomic mass is 16.5. The van der Waals surface area contributed by atoms with Crippen molar-refractivity contribution in [2.45, 2.75) is 38.7 Å². The number of rotatable bonds is 10. The highest BCUT2D eigenvalue weighted by molar-refractivity contribution is 6.06. The molecule has 0 saturated carbocycles. The zero-order valence-electron chi connectivity index (χ0n) is 23.8. The van der Waals surface area contributed by atoms with Gasteiger partial charge in [-0.05, 0) is 90.4 Å². The van der Waals surface area contributed by atoms with Crippen LogP contribution in [-0.4, -0.2) is 52.7 Å². The Labute approximate surface area is 246 Å². The molecule has 2 fully saturated rings. The van der Waals surface area contributed by atoms with Crippen LogP contribution in [0, 0.1) is 17.8 Å². The highest BCUT2D eigenvalue weighted by Gasteiger charge is 2.56. The van der Waals surface area contributed by atoms with Crippen LogP contribution < -0.4 is 4.74 Å². The number of amides is 2. The molecule has 0 spiro atoms. The summed E-state index contributed by atoms with van der Waals surface area (Å²) in [5.74, 6) is 0.0441. The van der Waals surface area contributed by atoms with Crippen molar-refractivity contribution in [1.82, 2.24) is 9.88 Å². The minimum Gasteiger partial charge on any atom is -0.508 e. The molecule has 0 unspecified atom stereocenters. The lowest BCUT2D eigenvalue weighted by atomic mass is 9.69. The number of aromatic nitrogens is 1. The van der Waals surface area contributed by atoms with E-state index >= 15 is 0 Å². The van der Waals surface area contributed by atoms with E-state index in [0.717, 1.165) is 40.1 Å². The Balaban J connectivity index is 1.29. The summed E-state index contributed by atoms with van der Waals surface area (Å²) < 4.78 is 12.7. The van der Waals surface area contributed by atoms with Gasteiger partial charge in [0.25, 0.3) is 0 Å². The number of fused-ring (bicyclic) bond motifs is 3. The van der Waals surface area contributed by atoms with Crippen LogP contribution in [0.5, 0.6) is 11.5 Å². The summed E-state index contributed by atoms with van der Waals surface area (Å²) in [7, 11) is 0. The molecule has 1 N–H and O–H groups in total. The van der Waals surface area contributed by atoms with Gasteiger partial charge in [-0.1, -0.05) is 43.3 Å². The number of phenols is 1. The number of phenolic OH excluding ortho intramolecular Hbond substituents is 1. The van der Waals surface area contributed by atoms with Gasteiger partial charge in [0.1, 0.15) is 18.1 Å². The number of imide groups is 1. The maximum absolute atomic E-state index is 13.5. The minimum absolute atomic E-state index is 0.0528. The van der Waals surface area contributed by atoms with Crippen molar-refractivity contribution in [2.75, 3.05) is 19.8 Å². The van der Waals surface area contributed by atoms with Crippen LogP contribution in [0.3, 0.4) is 0 Å². The van der Waals surface area contributed by atoms with Crippen LogP contribution in [0.25, 0.3) is 11.6 Å². The van der Waals surface area contributed by atoms with E-state index in [1.807, 2.05) is 67.6 Å². The van der Waals surface area contributed by atoms with Crippen molar-refractivity contribution < 1.29 is 24.2 Å². The largest absolute Gasteiger partial charge is 0.508 e. The number of likely N-dealkylation sites (tertiary alicyclic amines) is 1. The average Bonchev–Trinajstić information content (AvgIpc) is 3.55. The summed E-state index contributed by atoms with van der Waals surface area (Å²) in [6, 6.07) is 22.7. The molecule has 6 rings (SSSR count). The van der Waals surface area contributed by atoms with Crippen molar-refractivity contribution in [3.8, 4) is 11.5 Å². The van der Waals surface area contributed by atoms with Crippen molar-refractivity contribution in [2.24, 2.45) is 17.8 Å². The molecule has 3 heterocycles. The van der Waals surface area contributed by atoms with E-state index in [1.54, 1.807) is 18.3 Å². The molecule has 1 aliphatic carbocycles. The Morgan fingerprint density at radius 2 is 1.81 bits per heavy atom. The van der Waals surface area contributed by atoms with Gasteiger partial charge in [0.05, 0.1) is 30.2 Å². The second kappa shape index (κ2) is 12.3. The van der Waals surface area contributed by atoms with Crippen LogP contribution in [0.2, 0.25) is 0 Å². The number of para-hydroxylation sites is 1. The van der Waals surface area contributed by atoms with Crippen molar-refractivity contribution in [1.29, 1.82) is 0 Å². The molecule has 216 valence electrons. The first-order chi connectivity index (χ1) is 20.5. The lowest BCUT2D eigenvalue weighted by Gasteiger charge is -2.31. The fraction of sp³-hybridized carbons (Fsp3) is 0.343. The molecule has 1 aromatic heterocycles. The molecule has 2 aliphatic heterocycles. The first kappa shape index (κ1) is 27.9. The quantitative estimate of drug-likeness (QED) is 0.243. The molecule has 0 radical (unpaired) electrons. The van der Waals surface area contributed by atoms with Crippen LogP contribution in [0.1, 0.15) is 43.9 Å². The lowest BCUT2D eigenvalue weighted by Crippen LogP contribution is -2.35. The van der Waals surface area contributed by atoms with E-state index in [-0.39, 0.29) is 41.4 Å². The predicted molar refractivity (Wildman–Crippen MR) is 160 cm³/mol. The summed E-state index contributed by atoms with van der Waals surface area (Å²) in [6.45, 7) is 3.24. The number of hydrogen-bond acceptors (Lipinski definition) is 6. The van der Waals surface area contributed by atoms with Gasteiger partial charge in [-0.25, -0.2) is 0 Å². The molecule has 7 nitrogen and oxygen atoms in total. The Bertz CT molecular complexity index is 1480. The van der Waals surface area contributed by atoms with Gasteiger partial charge in [-0.15, -0.1) is 0 Å². The number of carbonyl (C=O) groups is 2. The maximum atomic E-state index is 13.5. The lowest BCUT2D eigenvalue weighted by molar-refractivity contribution is -0.140. The SMILES string of the molecule is CCCN1C(=O)[C@@H]2[C@@H](CC(COc3ccccc3)=C3[C@@H](CC/C(=C/c4ccc(O)cc4)c4ccccn4)OC[C@@H]32)C1=O. The number of nitrogens with zero attached hydrogens (tertiary/aromatic N) is 2. The predicted octanol–water partition coefficient (Wildman–Crippen LogP) is 5.91. The van der Waals surface area contributed by atoms with Crippen molar-refractivity contribution in [3.63, 3.8) is 0 Å². The van der Waals surface area contributed by atoms with E-state index in [0.29, 0.717) is 39.0 Å². The number of carbonyl (C=O) groups excluding carboxylic acids is 2. The number of aromatic hydroxyl groups is 1. The molecule has 0 bridgehead atoms. The zero-order chi connectivity index (χ0) is 29.1.